The molecule has 1 atom stereocenters. The van der Waals surface area contributed by atoms with Crippen LogP contribution in [-0.4, -0.2) is 73.3 Å². The summed E-state index contributed by atoms with van der Waals surface area (Å²) in [5, 5.41) is 31.4. The summed E-state index contributed by atoms with van der Waals surface area (Å²) in [6.07, 6.45) is 0.401. The fourth-order valence-corrected chi connectivity index (χ4v) is 4.33. The van der Waals surface area contributed by atoms with E-state index < -0.39 is 4.92 Å². The molecule has 0 bridgehead atoms. The number of fused-ring (bicyclic) bond motifs is 3. The fourth-order valence-electron chi connectivity index (χ4n) is 4.33. The van der Waals surface area contributed by atoms with Crippen LogP contribution in [0.25, 0.3) is 27.9 Å². The highest BCUT2D eigenvalue weighted by atomic mass is 16.6. The van der Waals surface area contributed by atoms with Gasteiger partial charge in [0.05, 0.1) is 22.1 Å². The van der Waals surface area contributed by atoms with E-state index >= 15 is 0 Å². The maximum Gasteiger partial charge on any atom is 0.280 e. The Labute approximate surface area is 190 Å². The molecule has 3 heterocycles. The molecule has 10 heteroatoms. The predicted octanol–water partition coefficient (Wildman–Crippen LogP) is 2.75. The lowest BCUT2D eigenvalue weighted by Crippen LogP contribution is -2.49. The Balaban J connectivity index is 1.63. The third-order valence-electron chi connectivity index (χ3n) is 6.17. The van der Waals surface area contributed by atoms with Crippen molar-refractivity contribution in [3.05, 3.63) is 58.6 Å². The van der Waals surface area contributed by atoms with Crippen molar-refractivity contribution in [1.82, 2.24) is 24.5 Å². The molecule has 170 valence electrons. The number of aliphatic hydroxyl groups is 1. The molecule has 0 saturated carbocycles. The molecule has 1 aliphatic rings. The molecule has 0 unspecified atom stereocenters. The van der Waals surface area contributed by atoms with Crippen LogP contribution in [0.4, 0.5) is 11.6 Å². The third kappa shape index (κ3) is 3.87. The molecule has 1 saturated heterocycles. The molecular formula is C23H25N7O3. The predicted molar refractivity (Wildman–Crippen MR) is 125 cm³/mol. The fraction of sp³-hybridized carbons (Fsp3) is 0.348. The van der Waals surface area contributed by atoms with Gasteiger partial charge in [-0.05, 0) is 24.6 Å². The Bertz CT molecular complexity index is 1310. The van der Waals surface area contributed by atoms with Gasteiger partial charge < -0.3 is 10.0 Å². The molecule has 1 aliphatic heterocycles. The van der Waals surface area contributed by atoms with Gasteiger partial charge in [-0.25, -0.2) is 9.38 Å². The first-order chi connectivity index (χ1) is 16.1. The van der Waals surface area contributed by atoms with E-state index in [4.69, 9.17) is 4.98 Å². The highest BCUT2D eigenvalue weighted by Gasteiger charge is 2.27. The number of rotatable bonds is 6. The summed E-state index contributed by atoms with van der Waals surface area (Å²) >= 11 is 0. The zero-order chi connectivity index (χ0) is 22.9. The first-order valence-corrected chi connectivity index (χ1v) is 11.1. The first-order valence-electron chi connectivity index (χ1n) is 11.1. The van der Waals surface area contributed by atoms with Crippen LogP contribution in [0.3, 0.4) is 0 Å². The summed E-state index contributed by atoms with van der Waals surface area (Å²) < 4.78 is 1.83. The normalized spacial score (nSPS) is 15.9. The maximum atomic E-state index is 11.7. The number of aromatic nitrogens is 4. The van der Waals surface area contributed by atoms with Crippen LogP contribution in [0.15, 0.2) is 48.5 Å². The number of benzene rings is 2. The maximum absolute atomic E-state index is 11.7. The lowest BCUT2D eigenvalue weighted by Gasteiger charge is -2.36. The Morgan fingerprint density at radius 2 is 1.79 bits per heavy atom. The van der Waals surface area contributed by atoms with Crippen LogP contribution in [-0.2, 0) is 0 Å². The number of β-amino-alcohol motifs (C(OH)–C–C–N with tert-alkyl or cyclic N) is 1. The largest absolute Gasteiger partial charge is 0.392 e. The molecule has 4 aromatic rings. The topological polar surface area (TPSA) is 113 Å². The van der Waals surface area contributed by atoms with E-state index in [2.05, 4.69) is 20.0 Å². The Morgan fingerprint density at radius 3 is 2.55 bits per heavy atom. The van der Waals surface area contributed by atoms with Crippen molar-refractivity contribution >= 4 is 28.2 Å². The minimum atomic E-state index is -0.400. The highest BCUT2D eigenvalue weighted by Crippen LogP contribution is 2.33. The second-order valence-corrected chi connectivity index (χ2v) is 8.24. The van der Waals surface area contributed by atoms with Crippen LogP contribution in [0.2, 0.25) is 0 Å². The van der Waals surface area contributed by atoms with E-state index in [9.17, 15) is 15.2 Å². The number of hydrogen-bond donors (Lipinski definition) is 1. The molecule has 33 heavy (non-hydrogen) atoms. The summed E-state index contributed by atoms with van der Waals surface area (Å²) in [5.41, 5.74) is 1.79. The number of aliphatic hydroxyl groups excluding tert-OH is 1. The molecule has 2 aromatic carbocycles. The van der Waals surface area contributed by atoms with Crippen molar-refractivity contribution in [2.75, 3.05) is 37.6 Å². The van der Waals surface area contributed by atoms with Gasteiger partial charge in [-0.3, -0.25) is 15.0 Å². The van der Waals surface area contributed by atoms with Gasteiger partial charge in [-0.2, -0.15) is 0 Å². The first kappa shape index (κ1) is 21.2. The average Bonchev–Trinajstić information content (AvgIpc) is 3.29. The van der Waals surface area contributed by atoms with Gasteiger partial charge >= 0.3 is 0 Å². The van der Waals surface area contributed by atoms with Crippen LogP contribution in [0, 0.1) is 10.1 Å². The standard InChI is InChI=1S/C23H25N7O3/c1-2-16(31)15-27-11-13-28(14-12-27)23-24-19-9-5-3-7-17(19)21-25-26-22(29(21)23)18-8-4-6-10-20(18)30(32)33/h3-10,16,31H,2,11-15H2,1H3/t16-/m1/s1. The van der Waals surface area contributed by atoms with Gasteiger partial charge in [0.2, 0.25) is 5.95 Å². The van der Waals surface area contributed by atoms with E-state index in [-0.39, 0.29) is 11.8 Å². The zero-order valence-electron chi connectivity index (χ0n) is 18.3. The van der Waals surface area contributed by atoms with Crippen molar-refractivity contribution in [3.8, 4) is 11.4 Å². The molecule has 0 amide bonds. The van der Waals surface area contributed by atoms with Crippen molar-refractivity contribution in [2.45, 2.75) is 19.4 Å². The minimum absolute atomic E-state index is 0.0238. The summed E-state index contributed by atoms with van der Waals surface area (Å²) in [7, 11) is 0. The summed E-state index contributed by atoms with van der Waals surface area (Å²) in [6, 6.07) is 14.3. The molecule has 1 fully saturated rings. The molecule has 0 spiro atoms. The highest BCUT2D eigenvalue weighted by molar-refractivity contribution is 5.93. The minimum Gasteiger partial charge on any atom is -0.392 e. The number of para-hydroxylation sites is 2. The number of piperazine rings is 1. The lowest BCUT2D eigenvalue weighted by atomic mass is 10.1. The molecule has 1 N–H and O–H groups in total. The third-order valence-corrected chi connectivity index (χ3v) is 6.17. The lowest BCUT2D eigenvalue weighted by molar-refractivity contribution is -0.384. The smallest absolute Gasteiger partial charge is 0.280 e. The van der Waals surface area contributed by atoms with Crippen molar-refractivity contribution in [2.24, 2.45) is 0 Å². The van der Waals surface area contributed by atoms with E-state index in [0.717, 1.165) is 30.4 Å². The Kier molecular flexibility index (Phi) is 5.61. The van der Waals surface area contributed by atoms with Gasteiger partial charge in [0, 0.05) is 44.2 Å². The molecule has 2 aromatic heterocycles. The molecule has 0 radical (unpaired) electrons. The monoisotopic (exact) mass is 447 g/mol. The van der Waals surface area contributed by atoms with Gasteiger partial charge in [0.25, 0.3) is 5.69 Å². The van der Waals surface area contributed by atoms with Crippen LogP contribution in [0.5, 0.6) is 0 Å². The molecular weight excluding hydrogens is 422 g/mol. The Hall–Kier alpha value is -3.63. The average molecular weight is 447 g/mol. The molecule has 0 aliphatic carbocycles. The van der Waals surface area contributed by atoms with Crippen LogP contribution in [0.1, 0.15) is 13.3 Å². The number of nitro benzene ring substituents is 1. The van der Waals surface area contributed by atoms with E-state index in [1.165, 1.54) is 6.07 Å². The van der Waals surface area contributed by atoms with Crippen molar-refractivity contribution in [1.29, 1.82) is 0 Å². The zero-order valence-corrected chi connectivity index (χ0v) is 18.3. The SMILES string of the molecule is CC[C@@H](O)CN1CCN(c2nc3ccccc3c3nnc(-c4ccccc4[N+](=O)[O-])n23)CC1. The van der Waals surface area contributed by atoms with Gasteiger partial charge in [-0.1, -0.05) is 31.2 Å². The van der Waals surface area contributed by atoms with Crippen LogP contribution >= 0.6 is 0 Å². The molecule has 5 rings (SSSR count). The summed E-state index contributed by atoms with van der Waals surface area (Å²) in [5.74, 6) is 1.06. The van der Waals surface area contributed by atoms with E-state index in [1.807, 2.05) is 35.6 Å². The Morgan fingerprint density at radius 1 is 1.06 bits per heavy atom. The summed E-state index contributed by atoms with van der Waals surface area (Å²) in [4.78, 5) is 20.6. The quantitative estimate of drug-likeness (QED) is 0.355. The van der Waals surface area contributed by atoms with Gasteiger partial charge in [0.15, 0.2) is 11.5 Å². The van der Waals surface area contributed by atoms with Crippen LogP contribution < -0.4 is 4.90 Å². The summed E-state index contributed by atoms with van der Waals surface area (Å²) in [6.45, 7) is 5.63. The molecule has 10 nitrogen and oxygen atoms in total. The van der Waals surface area contributed by atoms with E-state index in [0.29, 0.717) is 42.6 Å². The second kappa shape index (κ2) is 8.72. The van der Waals surface area contributed by atoms with Crippen molar-refractivity contribution in [3.63, 3.8) is 0 Å². The number of hydrogen-bond acceptors (Lipinski definition) is 8. The van der Waals surface area contributed by atoms with Gasteiger partial charge in [0.1, 0.15) is 0 Å². The van der Waals surface area contributed by atoms with E-state index in [1.54, 1.807) is 18.2 Å². The number of nitro groups is 1. The van der Waals surface area contributed by atoms with Gasteiger partial charge in [-0.15, -0.1) is 10.2 Å². The number of anilines is 1. The number of nitrogens with zero attached hydrogens (tertiary/aromatic N) is 7. The van der Waals surface area contributed by atoms with Crippen molar-refractivity contribution < 1.29 is 10.0 Å². The second-order valence-electron chi connectivity index (χ2n) is 8.24.